The summed E-state index contributed by atoms with van der Waals surface area (Å²) < 4.78 is 29.1. The first-order valence-electron chi connectivity index (χ1n) is 13.5. The highest BCUT2D eigenvalue weighted by Crippen LogP contribution is 2.35. The topological polar surface area (TPSA) is 82.3 Å². The number of aromatic amines is 1. The van der Waals surface area contributed by atoms with Gasteiger partial charge >= 0.3 is 0 Å². The van der Waals surface area contributed by atoms with E-state index in [0.717, 1.165) is 53.4 Å². The molecule has 206 valence electrons. The number of Topliss-reactive ketones (excluding diaryl/α,β-unsaturated/α-hetero) is 1. The van der Waals surface area contributed by atoms with Crippen LogP contribution in [0.5, 0.6) is 0 Å². The first-order chi connectivity index (χ1) is 18.5. The van der Waals surface area contributed by atoms with Crippen molar-refractivity contribution in [1.29, 1.82) is 0 Å². The molecule has 1 aromatic heterocycles. The summed E-state index contributed by atoms with van der Waals surface area (Å²) in [5.41, 5.74) is 4.53. The number of hydrogen-bond acceptors (Lipinski definition) is 4. The minimum atomic E-state index is -3.79. The Morgan fingerprint density at radius 2 is 1.59 bits per heavy atom. The lowest BCUT2D eigenvalue weighted by Gasteiger charge is -2.19. The summed E-state index contributed by atoms with van der Waals surface area (Å²) in [6.07, 6.45) is 3.34. The highest BCUT2D eigenvalue weighted by Gasteiger charge is 2.21. The lowest BCUT2D eigenvalue weighted by molar-refractivity contribution is 0.0975. The molecule has 4 rings (SSSR count). The number of fused-ring (bicyclic) bond motifs is 1. The summed E-state index contributed by atoms with van der Waals surface area (Å²) in [6.45, 7) is 7.29. The second-order valence-electron chi connectivity index (χ2n) is 11.4. The van der Waals surface area contributed by atoms with Gasteiger partial charge in [-0.2, -0.15) is 0 Å². The van der Waals surface area contributed by atoms with Gasteiger partial charge in [0.2, 0.25) is 0 Å². The zero-order chi connectivity index (χ0) is 28.2. The molecule has 39 heavy (non-hydrogen) atoms. The van der Waals surface area contributed by atoms with E-state index in [4.69, 9.17) is 0 Å². The third-order valence-corrected chi connectivity index (χ3v) is 8.33. The Bertz CT molecular complexity index is 1530. The van der Waals surface area contributed by atoms with Crippen molar-refractivity contribution in [3.8, 4) is 11.1 Å². The number of anilines is 1. The van der Waals surface area contributed by atoms with E-state index in [-0.39, 0.29) is 16.1 Å². The van der Waals surface area contributed by atoms with E-state index >= 15 is 0 Å². The van der Waals surface area contributed by atoms with Crippen molar-refractivity contribution >= 4 is 32.4 Å². The zero-order valence-corrected chi connectivity index (χ0v) is 24.4. The Morgan fingerprint density at radius 3 is 2.23 bits per heavy atom. The van der Waals surface area contributed by atoms with Crippen LogP contribution in [0, 0.1) is 0 Å². The zero-order valence-electron chi connectivity index (χ0n) is 23.5. The molecule has 0 spiro atoms. The number of carbonyl (C=O) groups is 1. The predicted octanol–water partition coefficient (Wildman–Crippen LogP) is 7.24. The summed E-state index contributed by atoms with van der Waals surface area (Å²) in [4.78, 5) is 19.0. The molecule has 1 heterocycles. The van der Waals surface area contributed by atoms with Crippen LogP contribution in [0.3, 0.4) is 0 Å². The Kier molecular flexibility index (Phi) is 8.62. The van der Waals surface area contributed by atoms with Crippen LogP contribution in [0.2, 0.25) is 0 Å². The minimum Gasteiger partial charge on any atom is -0.352 e. The number of ketones is 1. The van der Waals surface area contributed by atoms with Crippen molar-refractivity contribution < 1.29 is 13.2 Å². The maximum Gasteiger partial charge on any atom is 0.261 e. The third-order valence-electron chi connectivity index (χ3n) is 6.93. The second-order valence-corrected chi connectivity index (χ2v) is 13.1. The smallest absolute Gasteiger partial charge is 0.261 e. The third kappa shape index (κ3) is 6.97. The van der Waals surface area contributed by atoms with Crippen LogP contribution < -0.4 is 4.72 Å². The standard InChI is InChI=1S/C32H39N3O3S/c1-32(2,3)24-15-18-26(19-16-24)39(37,38)34-25-17-20-28-27(22-25)30(23-12-8-6-9-13-23)31(33-28)29(36)14-10-7-11-21-35(4)5/h6,8-9,12-13,15-20,22,33-34H,7,10-11,14,21H2,1-5H3. The van der Waals surface area contributed by atoms with Gasteiger partial charge in [-0.05, 0) is 80.4 Å². The number of sulfonamides is 1. The number of unbranched alkanes of at least 4 members (excludes halogenated alkanes) is 2. The van der Waals surface area contributed by atoms with E-state index in [1.165, 1.54) is 0 Å². The molecule has 0 unspecified atom stereocenters. The van der Waals surface area contributed by atoms with E-state index in [1.54, 1.807) is 18.2 Å². The van der Waals surface area contributed by atoms with Crippen molar-refractivity contribution in [2.45, 2.75) is 56.8 Å². The van der Waals surface area contributed by atoms with Crippen LogP contribution in [0.1, 0.15) is 62.5 Å². The van der Waals surface area contributed by atoms with Gasteiger partial charge in [0.15, 0.2) is 5.78 Å². The van der Waals surface area contributed by atoms with Crippen molar-refractivity contribution in [2.75, 3.05) is 25.4 Å². The van der Waals surface area contributed by atoms with E-state index in [0.29, 0.717) is 17.8 Å². The van der Waals surface area contributed by atoms with Crippen LogP contribution in [-0.4, -0.2) is 44.7 Å². The number of nitrogens with one attached hydrogen (secondary N) is 2. The normalized spacial score (nSPS) is 12.3. The predicted molar refractivity (Wildman–Crippen MR) is 161 cm³/mol. The molecule has 3 aromatic carbocycles. The van der Waals surface area contributed by atoms with E-state index in [1.807, 2.05) is 54.6 Å². The fourth-order valence-corrected chi connectivity index (χ4v) is 5.78. The summed E-state index contributed by atoms with van der Waals surface area (Å²) in [5.74, 6) is 0.0657. The highest BCUT2D eigenvalue weighted by atomic mass is 32.2. The molecule has 6 nitrogen and oxygen atoms in total. The molecule has 0 fully saturated rings. The quantitative estimate of drug-likeness (QED) is 0.154. The Labute approximate surface area is 232 Å². The number of rotatable bonds is 11. The van der Waals surface area contributed by atoms with Crippen molar-refractivity contribution in [3.63, 3.8) is 0 Å². The summed E-state index contributed by atoms with van der Waals surface area (Å²) in [6, 6.07) is 22.1. The molecule has 7 heteroatoms. The fraction of sp³-hybridized carbons (Fsp3) is 0.344. The van der Waals surface area contributed by atoms with Gasteiger partial charge in [-0.15, -0.1) is 0 Å². The molecule has 0 amide bonds. The largest absolute Gasteiger partial charge is 0.352 e. The van der Waals surface area contributed by atoms with Crippen molar-refractivity contribution in [3.05, 3.63) is 84.1 Å². The fourth-order valence-electron chi connectivity index (χ4n) is 4.73. The van der Waals surface area contributed by atoms with E-state index in [2.05, 4.69) is 49.5 Å². The molecular weight excluding hydrogens is 506 g/mol. The molecule has 2 N–H and O–H groups in total. The molecule has 0 saturated carbocycles. The molecular formula is C32H39N3O3S. The lowest BCUT2D eigenvalue weighted by Crippen LogP contribution is -2.14. The van der Waals surface area contributed by atoms with E-state index in [9.17, 15) is 13.2 Å². The SMILES string of the molecule is CN(C)CCCCCC(=O)c1[nH]c2ccc(NS(=O)(=O)c3ccc(C(C)(C)C)cc3)cc2c1-c1ccccc1. The van der Waals surface area contributed by atoms with Gasteiger partial charge in [-0.3, -0.25) is 9.52 Å². The highest BCUT2D eigenvalue weighted by molar-refractivity contribution is 7.92. The van der Waals surface area contributed by atoms with Gasteiger partial charge in [-0.1, -0.05) is 69.7 Å². The molecule has 0 aliphatic rings. The summed E-state index contributed by atoms with van der Waals surface area (Å²) in [5, 5.41) is 0.806. The van der Waals surface area contributed by atoms with Crippen molar-refractivity contribution in [1.82, 2.24) is 9.88 Å². The van der Waals surface area contributed by atoms with Crippen LogP contribution in [0.15, 0.2) is 77.7 Å². The second kappa shape index (κ2) is 11.8. The first kappa shape index (κ1) is 28.6. The Morgan fingerprint density at radius 1 is 0.897 bits per heavy atom. The monoisotopic (exact) mass is 545 g/mol. The molecule has 0 aliphatic heterocycles. The molecule has 0 atom stereocenters. The van der Waals surface area contributed by atoms with Crippen LogP contribution in [0.25, 0.3) is 22.0 Å². The maximum absolute atomic E-state index is 13.3. The van der Waals surface area contributed by atoms with Gasteiger partial charge in [0, 0.05) is 28.6 Å². The number of aromatic nitrogens is 1. The van der Waals surface area contributed by atoms with Crippen molar-refractivity contribution in [2.24, 2.45) is 0 Å². The van der Waals surface area contributed by atoms with Gasteiger partial charge in [0.1, 0.15) is 0 Å². The molecule has 0 aliphatic carbocycles. The minimum absolute atomic E-state index is 0.0652. The Hall–Kier alpha value is -3.42. The molecule has 0 saturated heterocycles. The Balaban J connectivity index is 1.64. The van der Waals surface area contributed by atoms with E-state index < -0.39 is 10.0 Å². The summed E-state index contributed by atoms with van der Waals surface area (Å²) >= 11 is 0. The number of H-pyrrole nitrogens is 1. The number of hydrogen-bond donors (Lipinski definition) is 2. The van der Waals surface area contributed by atoms with Gasteiger partial charge in [0.05, 0.1) is 10.6 Å². The summed E-state index contributed by atoms with van der Waals surface area (Å²) in [7, 11) is 0.323. The first-order valence-corrected chi connectivity index (χ1v) is 15.0. The number of benzene rings is 3. The van der Waals surface area contributed by atoms with Gasteiger partial charge in [0.25, 0.3) is 10.0 Å². The maximum atomic E-state index is 13.3. The number of carbonyl (C=O) groups excluding carboxylic acids is 1. The molecule has 4 aromatic rings. The average molecular weight is 546 g/mol. The molecule has 0 bridgehead atoms. The molecule has 0 radical (unpaired) electrons. The average Bonchev–Trinajstić information content (AvgIpc) is 3.27. The van der Waals surface area contributed by atoms with Gasteiger partial charge in [-0.25, -0.2) is 8.42 Å². The number of nitrogens with zero attached hydrogens (tertiary/aromatic N) is 1. The van der Waals surface area contributed by atoms with Crippen LogP contribution >= 0.6 is 0 Å². The van der Waals surface area contributed by atoms with Crippen LogP contribution in [-0.2, 0) is 15.4 Å². The van der Waals surface area contributed by atoms with Crippen LogP contribution in [0.4, 0.5) is 5.69 Å². The lowest BCUT2D eigenvalue weighted by atomic mass is 9.87. The van der Waals surface area contributed by atoms with Gasteiger partial charge < -0.3 is 9.88 Å².